The average Bonchev–Trinajstić information content (AvgIpc) is 3.31. The first-order chi connectivity index (χ1) is 17.6. The highest BCUT2D eigenvalue weighted by Crippen LogP contribution is 2.40. The number of nitrogens with one attached hydrogen (secondary N) is 1. The fourth-order valence-electron chi connectivity index (χ4n) is 4.33. The fourth-order valence-corrected chi connectivity index (χ4v) is 5.55. The van der Waals surface area contributed by atoms with E-state index >= 15 is 0 Å². The first kappa shape index (κ1) is 24.7. The van der Waals surface area contributed by atoms with E-state index in [0.29, 0.717) is 40.7 Å². The third-order valence-corrected chi connectivity index (χ3v) is 7.68. The number of aromatic nitrogens is 3. The Bertz CT molecular complexity index is 1550. The van der Waals surface area contributed by atoms with Gasteiger partial charge in [-0.3, -0.25) is 14.4 Å². The first-order valence-electron chi connectivity index (χ1n) is 11.4. The molecule has 1 aliphatic rings. The number of hydrogen-bond acceptors (Lipinski definition) is 6. The van der Waals surface area contributed by atoms with Gasteiger partial charge in [0.2, 0.25) is 0 Å². The van der Waals surface area contributed by atoms with E-state index in [1.807, 2.05) is 25.3 Å². The van der Waals surface area contributed by atoms with Crippen LogP contribution in [0.3, 0.4) is 0 Å². The van der Waals surface area contributed by atoms with Crippen LogP contribution < -0.4 is 5.32 Å². The van der Waals surface area contributed by atoms with Gasteiger partial charge in [-0.1, -0.05) is 12.1 Å². The van der Waals surface area contributed by atoms with E-state index in [2.05, 4.69) is 15.5 Å². The van der Waals surface area contributed by atoms with Crippen molar-refractivity contribution in [2.75, 3.05) is 5.32 Å². The summed E-state index contributed by atoms with van der Waals surface area (Å²) in [6, 6.07) is 7.13. The Kier molecular flexibility index (Phi) is 6.10. The number of anilines is 2. The topological polar surface area (TPSA) is 92.4 Å². The van der Waals surface area contributed by atoms with Crippen LogP contribution in [-0.4, -0.2) is 31.6 Å². The lowest BCUT2D eigenvalue weighted by molar-refractivity contribution is -0.141. The molecule has 0 radical (unpaired) electrons. The van der Waals surface area contributed by atoms with Gasteiger partial charge in [-0.2, -0.15) is 0 Å². The van der Waals surface area contributed by atoms with E-state index < -0.39 is 41.1 Å². The second kappa shape index (κ2) is 9.15. The van der Waals surface area contributed by atoms with E-state index in [9.17, 15) is 23.1 Å². The van der Waals surface area contributed by atoms with Gasteiger partial charge in [0.1, 0.15) is 28.4 Å². The Morgan fingerprint density at radius 2 is 1.73 bits per heavy atom. The molecule has 4 aromatic rings. The molecule has 3 heterocycles. The summed E-state index contributed by atoms with van der Waals surface area (Å²) in [4.78, 5) is 18.0. The van der Waals surface area contributed by atoms with Crippen LogP contribution in [0.25, 0.3) is 5.00 Å². The highest BCUT2D eigenvalue weighted by Gasteiger charge is 2.36. The molecule has 1 aliphatic heterocycles. The highest BCUT2D eigenvalue weighted by atomic mass is 32.1. The van der Waals surface area contributed by atoms with Gasteiger partial charge in [0.15, 0.2) is 17.5 Å². The van der Waals surface area contributed by atoms with Crippen molar-refractivity contribution in [2.45, 2.75) is 33.7 Å². The van der Waals surface area contributed by atoms with Gasteiger partial charge >= 0.3 is 5.97 Å². The van der Waals surface area contributed by atoms with Crippen molar-refractivity contribution in [3.05, 3.63) is 87.1 Å². The molecule has 2 N–H and O–H groups in total. The summed E-state index contributed by atoms with van der Waals surface area (Å²) in [5.41, 5.74) is 3.04. The molecule has 190 valence electrons. The van der Waals surface area contributed by atoms with Crippen molar-refractivity contribution < 1.29 is 23.1 Å². The molecule has 0 saturated carbocycles. The Labute approximate surface area is 214 Å². The Morgan fingerprint density at radius 3 is 2.35 bits per heavy atom. The molecule has 0 saturated heterocycles. The molecule has 5 rings (SSSR count). The minimum absolute atomic E-state index is 0.379. The third-order valence-electron chi connectivity index (χ3n) is 6.49. The van der Waals surface area contributed by atoms with Crippen molar-refractivity contribution in [2.24, 2.45) is 10.9 Å². The summed E-state index contributed by atoms with van der Waals surface area (Å²) in [7, 11) is 0. The van der Waals surface area contributed by atoms with E-state index in [-0.39, 0.29) is 0 Å². The Morgan fingerprint density at radius 1 is 1.08 bits per heavy atom. The van der Waals surface area contributed by atoms with Crippen molar-refractivity contribution in [3.63, 3.8) is 0 Å². The van der Waals surface area contributed by atoms with Crippen LogP contribution in [0.4, 0.5) is 24.5 Å². The summed E-state index contributed by atoms with van der Waals surface area (Å²) in [6.07, 6.45) is 0. The van der Waals surface area contributed by atoms with Crippen LogP contribution in [0.1, 0.15) is 46.2 Å². The van der Waals surface area contributed by atoms with Crippen molar-refractivity contribution in [3.8, 4) is 5.00 Å². The van der Waals surface area contributed by atoms with Crippen molar-refractivity contribution >= 4 is 34.4 Å². The van der Waals surface area contributed by atoms with Gasteiger partial charge in [-0.25, -0.2) is 13.2 Å². The predicted octanol–water partition coefficient (Wildman–Crippen LogP) is 6.03. The van der Waals surface area contributed by atoms with E-state index in [0.717, 1.165) is 21.0 Å². The van der Waals surface area contributed by atoms with Crippen molar-refractivity contribution in [1.82, 2.24) is 14.8 Å². The normalized spacial score (nSPS) is 15.4. The largest absolute Gasteiger partial charge is 0.481 e. The number of carboxylic acids is 1. The summed E-state index contributed by atoms with van der Waals surface area (Å²) in [5.74, 6) is -3.92. The van der Waals surface area contributed by atoms with Gasteiger partial charge < -0.3 is 10.4 Å². The van der Waals surface area contributed by atoms with Crippen LogP contribution in [0.2, 0.25) is 0 Å². The molecule has 0 spiro atoms. The summed E-state index contributed by atoms with van der Waals surface area (Å²) in [6.45, 7) is 7.38. The van der Waals surface area contributed by atoms with Gasteiger partial charge in [-0.05, 0) is 45.4 Å². The summed E-state index contributed by atoms with van der Waals surface area (Å²) in [5, 5.41) is 21.8. The molecule has 11 heteroatoms. The monoisotopic (exact) mass is 525 g/mol. The number of carbonyl (C=O) groups is 1. The summed E-state index contributed by atoms with van der Waals surface area (Å²) < 4.78 is 43.4. The second-order valence-electron chi connectivity index (χ2n) is 8.90. The minimum atomic E-state index is -1.05. The number of aliphatic imine (C=N–C) groups is 1. The number of benzene rings is 2. The van der Waals surface area contributed by atoms with Crippen LogP contribution >= 0.6 is 11.3 Å². The zero-order valence-electron chi connectivity index (χ0n) is 20.3. The van der Waals surface area contributed by atoms with Gasteiger partial charge in [0.25, 0.3) is 0 Å². The lowest BCUT2D eigenvalue weighted by Gasteiger charge is -2.16. The maximum atomic E-state index is 14.1. The van der Waals surface area contributed by atoms with Gasteiger partial charge in [-0.15, -0.1) is 21.5 Å². The third kappa shape index (κ3) is 4.18. The molecule has 7 nitrogen and oxygen atoms in total. The molecular weight excluding hydrogens is 503 g/mol. The number of hydrogen-bond donors (Lipinski definition) is 2. The number of nitrogens with zero attached hydrogens (tertiary/aromatic N) is 4. The SMILES string of the molecule is Cc1sc2c(c1C)C(c1ccc(Nc3c(F)cc(F)cc3F)cc1)=N[C@@H](C(C)C(=O)O)c1nnc(C)n1-2. The molecular formula is C26H22F3N5O2S. The van der Waals surface area contributed by atoms with E-state index in [1.54, 1.807) is 42.5 Å². The predicted molar refractivity (Wildman–Crippen MR) is 135 cm³/mol. The van der Waals surface area contributed by atoms with Gasteiger partial charge in [0, 0.05) is 33.8 Å². The van der Waals surface area contributed by atoms with E-state index in [1.165, 1.54) is 0 Å². The number of halogens is 3. The number of thiophene rings is 1. The summed E-state index contributed by atoms with van der Waals surface area (Å²) >= 11 is 1.55. The standard InChI is InChI=1S/C26H22F3N5O2S/c1-11-13(3)37-25-20(11)22(31-21(12(2)26(35)36)24-33-32-14(4)34(24)25)15-5-7-17(8-6-15)30-23-18(28)9-16(27)10-19(23)29/h5-10,12,21,30H,1-4H3,(H,35,36)/t12?,21-/m0/s1. The minimum Gasteiger partial charge on any atom is -0.481 e. The van der Waals surface area contributed by atoms with Crippen LogP contribution in [0.15, 0.2) is 41.4 Å². The fraction of sp³-hybridized carbons (Fsp3) is 0.231. The number of aliphatic carboxylic acids is 1. The second-order valence-corrected chi connectivity index (χ2v) is 10.1. The zero-order chi connectivity index (χ0) is 26.6. The maximum Gasteiger partial charge on any atom is 0.308 e. The smallest absolute Gasteiger partial charge is 0.308 e. The van der Waals surface area contributed by atoms with Crippen LogP contribution in [-0.2, 0) is 4.79 Å². The van der Waals surface area contributed by atoms with Gasteiger partial charge in [0.05, 0.1) is 11.6 Å². The molecule has 2 aromatic heterocycles. The zero-order valence-corrected chi connectivity index (χ0v) is 21.1. The van der Waals surface area contributed by atoms with Crippen LogP contribution in [0, 0.1) is 44.1 Å². The molecule has 0 fully saturated rings. The van der Waals surface area contributed by atoms with Crippen molar-refractivity contribution in [1.29, 1.82) is 0 Å². The lowest BCUT2D eigenvalue weighted by Crippen LogP contribution is -2.21. The molecule has 2 atom stereocenters. The number of aryl methyl sites for hydroxylation is 2. The number of fused-ring (bicyclic) bond motifs is 3. The molecule has 37 heavy (non-hydrogen) atoms. The molecule has 2 aromatic carbocycles. The lowest BCUT2D eigenvalue weighted by atomic mass is 9.98. The molecule has 0 bridgehead atoms. The highest BCUT2D eigenvalue weighted by molar-refractivity contribution is 7.15. The maximum absolute atomic E-state index is 14.1. The quantitative estimate of drug-likeness (QED) is 0.332. The molecule has 1 unspecified atom stereocenters. The Balaban J connectivity index is 1.63. The average molecular weight is 526 g/mol. The van der Waals surface area contributed by atoms with E-state index in [4.69, 9.17) is 4.99 Å². The first-order valence-corrected chi connectivity index (χ1v) is 12.2. The number of carboxylic acid groups (broad SMARTS) is 1. The van der Waals surface area contributed by atoms with Crippen LogP contribution in [0.5, 0.6) is 0 Å². The molecule has 0 amide bonds. The number of rotatable bonds is 5. The molecule has 0 aliphatic carbocycles. The Hall–Kier alpha value is -3.99.